The van der Waals surface area contributed by atoms with Crippen LogP contribution in [0.1, 0.15) is 10.5 Å². The van der Waals surface area contributed by atoms with Gasteiger partial charge in [0.2, 0.25) is 0 Å². The van der Waals surface area contributed by atoms with Gasteiger partial charge < -0.3 is 11.1 Å². The summed E-state index contributed by atoms with van der Waals surface area (Å²) in [6.07, 6.45) is 1.60. The van der Waals surface area contributed by atoms with E-state index in [0.29, 0.717) is 16.6 Å². The molecule has 0 spiro atoms. The molecule has 0 aliphatic rings. The van der Waals surface area contributed by atoms with Crippen molar-refractivity contribution in [2.45, 2.75) is 0 Å². The molecule has 0 unspecified atom stereocenters. The zero-order valence-corrected chi connectivity index (χ0v) is 8.49. The van der Waals surface area contributed by atoms with Crippen molar-refractivity contribution in [1.29, 1.82) is 0 Å². The highest BCUT2D eigenvalue weighted by Gasteiger charge is 2.09. The molecule has 2 aromatic heterocycles. The summed E-state index contributed by atoms with van der Waals surface area (Å²) >= 11 is 1.23. The number of aromatic nitrogens is 2. The number of hydrogen-bond donors (Lipinski definition) is 2. The fourth-order valence-corrected chi connectivity index (χ4v) is 1.55. The van der Waals surface area contributed by atoms with Crippen LogP contribution in [0.15, 0.2) is 29.8 Å². The molecule has 1 amide bonds. The summed E-state index contributed by atoms with van der Waals surface area (Å²) in [5.74, 6) is 0.190. The fourth-order valence-electron chi connectivity index (χ4n) is 1.01. The highest BCUT2D eigenvalue weighted by Crippen LogP contribution is 2.12. The van der Waals surface area contributed by atoms with E-state index < -0.39 is 0 Å². The van der Waals surface area contributed by atoms with Crippen LogP contribution in [0, 0.1) is 0 Å². The largest absolute Gasteiger partial charge is 0.375 e. The number of rotatable bonds is 2. The number of nitrogens with zero attached hydrogens (tertiary/aromatic N) is 2. The first kappa shape index (κ1) is 9.60. The molecule has 15 heavy (non-hydrogen) atoms. The summed E-state index contributed by atoms with van der Waals surface area (Å²) in [4.78, 5) is 19.4. The maximum absolute atomic E-state index is 11.6. The second kappa shape index (κ2) is 4.05. The van der Waals surface area contributed by atoms with Crippen LogP contribution in [0.25, 0.3) is 0 Å². The van der Waals surface area contributed by atoms with Crippen molar-refractivity contribution in [3.63, 3.8) is 0 Å². The van der Waals surface area contributed by atoms with E-state index in [1.54, 1.807) is 29.8 Å². The first-order valence-corrected chi connectivity index (χ1v) is 5.07. The lowest BCUT2D eigenvalue weighted by molar-refractivity contribution is 0.102. The molecule has 76 valence electrons. The topological polar surface area (TPSA) is 80.9 Å². The molecule has 0 bridgehead atoms. The molecule has 2 rings (SSSR count). The van der Waals surface area contributed by atoms with E-state index in [1.807, 2.05) is 0 Å². The number of nitrogens with one attached hydrogen (secondary N) is 1. The number of nitrogens with two attached hydrogens (primary N) is 1. The number of thiazole rings is 1. The number of anilines is 2. The number of amides is 1. The molecule has 0 radical (unpaired) electrons. The highest BCUT2D eigenvalue weighted by molar-refractivity contribution is 7.13. The molecule has 0 aromatic carbocycles. The molecule has 2 aromatic rings. The quantitative estimate of drug-likeness (QED) is 0.801. The molecule has 0 saturated heterocycles. The maximum atomic E-state index is 11.6. The van der Waals surface area contributed by atoms with Gasteiger partial charge in [-0.15, -0.1) is 11.3 Å². The monoisotopic (exact) mass is 220 g/mol. The molecule has 2 heterocycles. The van der Waals surface area contributed by atoms with Crippen LogP contribution >= 0.6 is 11.3 Å². The lowest BCUT2D eigenvalue weighted by Crippen LogP contribution is -2.13. The maximum Gasteiger partial charge on any atom is 0.276 e. The Morgan fingerprint density at radius 3 is 2.93 bits per heavy atom. The van der Waals surface area contributed by atoms with Crippen molar-refractivity contribution in [2.75, 3.05) is 11.1 Å². The number of hydrogen-bond acceptors (Lipinski definition) is 5. The molecular weight excluding hydrogens is 212 g/mol. The Balaban J connectivity index is 2.11. The predicted octanol–water partition coefficient (Wildman–Crippen LogP) is 1.37. The van der Waals surface area contributed by atoms with Gasteiger partial charge in [-0.3, -0.25) is 4.79 Å². The SMILES string of the molecule is Nc1nc(C(=O)Nc2ccccn2)cs1. The number of carbonyl (C=O) groups excluding carboxylic acids is 1. The van der Waals surface area contributed by atoms with Crippen molar-refractivity contribution < 1.29 is 4.79 Å². The van der Waals surface area contributed by atoms with E-state index in [0.717, 1.165) is 0 Å². The average molecular weight is 220 g/mol. The smallest absolute Gasteiger partial charge is 0.276 e. The van der Waals surface area contributed by atoms with E-state index in [1.165, 1.54) is 11.3 Å². The number of pyridine rings is 1. The third-order valence-electron chi connectivity index (χ3n) is 1.66. The summed E-state index contributed by atoms with van der Waals surface area (Å²) in [6, 6.07) is 5.27. The lowest BCUT2D eigenvalue weighted by atomic mass is 10.4. The summed E-state index contributed by atoms with van der Waals surface area (Å²) in [5, 5.41) is 4.59. The predicted molar refractivity (Wildman–Crippen MR) is 58.7 cm³/mol. The van der Waals surface area contributed by atoms with Gasteiger partial charge in [0.25, 0.3) is 5.91 Å². The Kier molecular flexibility index (Phi) is 2.59. The third kappa shape index (κ3) is 2.29. The summed E-state index contributed by atoms with van der Waals surface area (Å²) in [5.41, 5.74) is 5.73. The van der Waals surface area contributed by atoms with Gasteiger partial charge in [0.1, 0.15) is 11.5 Å². The molecular formula is C9H8N4OS. The van der Waals surface area contributed by atoms with Gasteiger partial charge in [-0.05, 0) is 12.1 Å². The van der Waals surface area contributed by atoms with Gasteiger partial charge in [0.15, 0.2) is 5.13 Å². The van der Waals surface area contributed by atoms with Crippen molar-refractivity contribution in [1.82, 2.24) is 9.97 Å². The van der Waals surface area contributed by atoms with Crippen LogP contribution in [0.2, 0.25) is 0 Å². The standard InChI is InChI=1S/C9H8N4OS/c10-9-12-6(5-15-9)8(14)13-7-3-1-2-4-11-7/h1-5H,(H2,10,12)(H,11,13,14). The zero-order valence-electron chi connectivity index (χ0n) is 7.68. The van der Waals surface area contributed by atoms with E-state index in [2.05, 4.69) is 15.3 Å². The molecule has 0 atom stereocenters. The van der Waals surface area contributed by atoms with E-state index in [4.69, 9.17) is 5.73 Å². The number of nitrogen functional groups attached to an aromatic ring is 1. The zero-order chi connectivity index (χ0) is 10.7. The van der Waals surface area contributed by atoms with Crippen molar-refractivity contribution in [2.24, 2.45) is 0 Å². The van der Waals surface area contributed by atoms with Crippen LogP contribution < -0.4 is 11.1 Å². The molecule has 0 fully saturated rings. The Bertz CT molecular complexity index is 468. The van der Waals surface area contributed by atoms with Crippen LogP contribution in [0.4, 0.5) is 10.9 Å². The van der Waals surface area contributed by atoms with Crippen molar-refractivity contribution >= 4 is 28.2 Å². The normalized spacial score (nSPS) is 9.87. The van der Waals surface area contributed by atoms with Crippen molar-refractivity contribution in [3.05, 3.63) is 35.5 Å². The fraction of sp³-hybridized carbons (Fsp3) is 0. The van der Waals surface area contributed by atoms with E-state index in [9.17, 15) is 4.79 Å². The summed E-state index contributed by atoms with van der Waals surface area (Å²) in [6.45, 7) is 0. The van der Waals surface area contributed by atoms with Crippen LogP contribution in [0.3, 0.4) is 0 Å². The molecule has 3 N–H and O–H groups in total. The first-order valence-electron chi connectivity index (χ1n) is 4.19. The minimum Gasteiger partial charge on any atom is -0.375 e. The van der Waals surface area contributed by atoms with Gasteiger partial charge in [-0.25, -0.2) is 9.97 Å². The Morgan fingerprint density at radius 1 is 1.47 bits per heavy atom. The van der Waals surface area contributed by atoms with Gasteiger partial charge in [-0.1, -0.05) is 6.07 Å². The molecule has 0 aliphatic heterocycles. The average Bonchev–Trinajstić information content (AvgIpc) is 2.66. The van der Waals surface area contributed by atoms with Crippen LogP contribution in [-0.2, 0) is 0 Å². The molecule has 0 aliphatic carbocycles. The Morgan fingerprint density at radius 2 is 2.33 bits per heavy atom. The van der Waals surface area contributed by atoms with Gasteiger partial charge in [0.05, 0.1) is 0 Å². The number of carbonyl (C=O) groups is 1. The second-order valence-electron chi connectivity index (χ2n) is 2.74. The van der Waals surface area contributed by atoms with Crippen LogP contribution in [-0.4, -0.2) is 15.9 Å². The van der Waals surface area contributed by atoms with Crippen molar-refractivity contribution in [3.8, 4) is 0 Å². The van der Waals surface area contributed by atoms with E-state index in [-0.39, 0.29) is 5.91 Å². The minimum absolute atomic E-state index is 0.304. The second-order valence-corrected chi connectivity index (χ2v) is 3.63. The van der Waals surface area contributed by atoms with Crippen LogP contribution in [0.5, 0.6) is 0 Å². The lowest BCUT2D eigenvalue weighted by Gasteiger charge is -2.00. The molecule has 6 heteroatoms. The minimum atomic E-state index is -0.304. The first-order chi connectivity index (χ1) is 7.25. The Labute approximate surface area is 90.0 Å². The summed E-state index contributed by atoms with van der Waals surface area (Å²) < 4.78 is 0. The van der Waals surface area contributed by atoms with Gasteiger partial charge >= 0.3 is 0 Å². The summed E-state index contributed by atoms with van der Waals surface area (Å²) in [7, 11) is 0. The third-order valence-corrected chi connectivity index (χ3v) is 2.33. The van der Waals surface area contributed by atoms with Gasteiger partial charge in [-0.2, -0.15) is 0 Å². The Hall–Kier alpha value is -1.95. The molecule has 0 saturated carbocycles. The van der Waals surface area contributed by atoms with Gasteiger partial charge in [0, 0.05) is 11.6 Å². The highest BCUT2D eigenvalue weighted by atomic mass is 32.1. The molecule has 5 nitrogen and oxygen atoms in total. The van der Waals surface area contributed by atoms with E-state index >= 15 is 0 Å².